The highest BCUT2D eigenvalue weighted by atomic mass is 16.1. The van der Waals surface area contributed by atoms with Crippen molar-refractivity contribution in [2.45, 2.75) is 51.9 Å². The average molecular weight is 221 g/mol. The standard InChI is InChI=1S/C14H23NO/c1-4-5-6-7-9-12(2)13-10-8-11-14(16)15(13)3/h8,10-12H,4-7,9H2,1-3H3. The molecule has 0 saturated heterocycles. The van der Waals surface area contributed by atoms with E-state index in [1.807, 2.05) is 13.1 Å². The molecule has 16 heavy (non-hydrogen) atoms. The predicted molar refractivity (Wildman–Crippen MR) is 68.9 cm³/mol. The van der Waals surface area contributed by atoms with Crippen molar-refractivity contribution in [3.63, 3.8) is 0 Å². The molecule has 0 aliphatic rings. The summed E-state index contributed by atoms with van der Waals surface area (Å²) in [5.74, 6) is 0.482. The summed E-state index contributed by atoms with van der Waals surface area (Å²) >= 11 is 0. The second kappa shape index (κ2) is 6.51. The fourth-order valence-electron chi connectivity index (χ4n) is 2.10. The predicted octanol–water partition coefficient (Wildman–Crippen LogP) is 3.46. The minimum atomic E-state index is 0.0953. The number of rotatable bonds is 6. The quantitative estimate of drug-likeness (QED) is 0.674. The van der Waals surface area contributed by atoms with Gasteiger partial charge in [-0.1, -0.05) is 45.6 Å². The highest BCUT2D eigenvalue weighted by molar-refractivity contribution is 5.10. The molecule has 0 aromatic carbocycles. The van der Waals surface area contributed by atoms with Crippen LogP contribution in [-0.4, -0.2) is 4.57 Å². The molecule has 1 unspecified atom stereocenters. The fourth-order valence-corrected chi connectivity index (χ4v) is 2.10. The van der Waals surface area contributed by atoms with Gasteiger partial charge in [0.05, 0.1) is 0 Å². The number of unbranched alkanes of at least 4 members (excludes halogenated alkanes) is 3. The van der Waals surface area contributed by atoms with Crippen LogP contribution in [-0.2, 0) is 7.05 Å². The molecular weight excluding hydrogens is 198 g/mol. The zero-order valence-corrected chi connectivity index (χ0v) is 10.7. The third kappa shape index (κ3) is 3.51. The average Bonchev–Trinajstić information content (AvgIpc) is 2.28. The Bertz CT molecular complexity index is 367. The zero-order valence-electron chi connectivity index (χ0n) is 10.7. The maximum absolute atomic E-state index is 11.5. The molecule has 0 amide bonds. The van der Waals surface area contributed by atoms with E-state index in [0.717, 1.165) is 5.69 Å². The largest absolute Gasteiger partial charge is 0.315 e. The summed E-state index contributed by atoms with van der Waals surface area (Å²) in [6.07, 6.45) is 6.34. The topological polar surface area (TPSA) is 22.0 Å². The third-order valence-corrected chi connectivity index (χ3v) is 3.22. The molecule has 1 heterocycles. The molecule has 2 nitrogen and oxygen atoms in total. The second-order valence-electron chi connectivity index (χ2n) is 4.60. The highest BCUT2D eigenvalue weighted by Crippen LogP contribution is 2.20. The fraction of sp³-hybridized carbons (Fsp3) is 0.643. The lowest BCUT2D eigenvalue weighted by atomic mass is 9.98. The van der Waals surface area contributed by atoms with Crippen LogP contribution >= 0.6 is 0 Å². The first-order valence-electron chi connectivity index (χ1n) is 6.32. The van der Waals surface area contributed by atoms with E-state index in [-0.39, 0.29) is 5.56 Å². The van der Waals surface area contributed by atoms with Crippen LogP contribution in [0.15, 0.2) is 23.0 Å². The normalized spacial score (nSPS) is 12.7. The van der Waals surface area contributed by atoms with Gasteiger partial charge in [0.25, 0.3) is 0 Å². The molecule has 0 spiro atoms. The molecule has 1 rings (SSSR count). The highest BCUT2D eigenvalue weighted by Gasteiger charge is 2.08. The summed E-state index contributed by atoms with van der Waals surface area (Å²) in [6.45, 7) is 4.44. The summed E-state index contributed by atoms with van der Waals surface area (Å²) in [4.78, 5) is 11.5. The molecule has 1 aromatic heterocycles. The molecule has 0 fully saturated rings. The van der Waals surface area contributed by atoms with Crippen LogP contribution < -0.4 is 5.56 Å². The smallest absolute Gasteiger partial charge is 0.250 e. The van der Waals surface area contributed by atoms with Gasteiger partial charge in [-0.25, -0.2) is 0 Å². The van der Waals surface area contributed by atoms with Crippen LogP contribution in [0.2, 0.25) is 0 Å². The molecule has 0 radical (unpaired) electrons. The lowest BCUT2D eigenvalue weighted by Gasteiger charge is -2.15. The zero-order chi connectivity index (χ0) is 12.0. The Balaban J connectivity index is 2.56. The molecule has 0 N–H and O–H groups in total. The van der Waals surface area contributed by atoms with Gasteiger partial charge in [0.1, 0.15) is 0 Å². The second-order valence-corrected chi connectivity index (χ2v) is 4.60. The Morgan fingerprint density at radius 3 is 2.69 bits per heavy atom. The van der Waals surface area contributed by atoms with Crippen molar-refractivity contribution in [1.29, 1.82) is 0 Å². The molecule has 90 valence electrons. The number of hydrogen-bond acceptors (Lipinski definition) is 1. The summed E-state index contributed by atoms with van der Waals surface area (Å²) in [5, 5.41) is 0. The van der Waals surface area contributed by atoms with Crippen LogP contribution in [0, 0.1) is 0 Å². The van der Waals surface area contributed by atoms with E-state index in [1.54, 1.807) is 10.6 Å². The van der Waals surface area contributed by atoms with Gasteiger partial charge in [0.2, 0.25) is 5.56 Å². The van der Waals surface area contributed by atoms with E-state index < -0.39 is 0 Å². The van der Waals surface area contributed by atoms with Crippen molar-refractivity contribution in [1.82, 2.24) is 4.57 Å². The van der Waals surface area contributed by atoms with Crippen LogP contribution in [0.3, 0.4) is 0 Å². The minimum absolute atomic E-state index is 0.0953. The SMILES string of the molecule is CCCCCCC(C)c1cccc(=O)n1C. The van der Waals surface area contributed by atoms with E-state index in [9.17, 15) is 4.79 Å². The third-order valence-electron chi connectivity index (χ3n) is 3.22. The van der Waals surface area contributed by atoms with Gasteiger partial charge in [-0.3, -0.25) is 4.79 Å². The lowest BCUT2D eigenvalue weighted by molar-refractivity contribution is 0.554. The van der Waals surface area contributed by atoms with Gasteiger partial charge in [-0.05, 0) is 18.4 Å². The number of pyridine rings is 1. The Morgan fingerprint density at radius 2 is 2.00 bits per heavy atom. The van der Waals surface area contributed by atoms with Crippen molar-refractivity contribution < 1.29 is 0 Å². The summed E-state index contributed by atoms with van der Waals surface area (Å²) < 4.78 is 1.77. The van der Waals surface area contributed by atoms with Gasteiger partial charge in [0.15, 0.2) is 0 Å². The monoisotopic (exact) mass is 221 g/mol. The molecule has 1 aromatic rings. The van der Waals surface area contributed by atoms with E-state index in [2.05, 4.69) is 19.9 Å². The maximum atomic E-state index is 11.5. The molecule has 0 bridgehead atoms. The molecule has 0 aliphatic carbocycles. The van der Waals surface area contributed by atoms with Crippen molar-refractivity contribution in [2.75, 3.05) is 0 Å². The summed E-state index contributed by atoms with van der Waals surface area (Å²) in [5.41, 5.74) is 1.25. The summed E-state index contributed by atoms with van der Waals surface area (Å²) in [7, 11) is 1.86. The molecular formula is C14H23NO. The van der Waals surface area contributed by atoms with Crippen molar-refractivity contribution in [2.24, 2.45) is 7.05 Å². The maximum Gasteiger partial charge on any atom is 0.250 e. The van der Waals surface area contributed by atoms with Crippen LogP contribution in [0.4, 0.5) is 0 Å². The molecule has 0 saturated carbocycles. The van der Waals surface area contributed by atoms with Crippen molar-refractivity contribution in [3.8, 4) is 0 Å². The van der Waals surface area contributed by atoms with E-state index in [4.69, 9.17) is 0 Å². The Morgan fingerprint density at radius 1 is 1.25 bits per heavy atom. The van der Waals surface area contributed by atoms with Gasteiger partial charge in [-0.2, -0.15) is 0 Å². The van der Waals surface area contributed by atoms with Gasteiger partial charge >= 0.3 is 0 Å². The number of hydrogen-bond donors (Lipinski definition) is 0. The summed E-state index contributed by atoms with van der Waals surface area (Å²) in [6, 6.07) is 5.54. The Labute approximate surface area is 98.3 Å². The van der Waals surface area contributed by atoms with Crippen LogP contribution in [0.25, 0.3) is 0 Å². The minimum Gasteiger partial charge on any atom is -0.315 e. The van der Waals surface area contributed by atoms with Gasteiger partial charge < -0.3 is 4.57 Å². The Kier molecular flexibility index (Phi) is 5.30. The molecule has 1 atom stereocenters. The van der Waals surface area contributed by atoms with Crippen LogP contribution in [0.5, 0.6) is 0 Å². The lowest BCUT2D eigenvalue weighted by Crippen LogP contribution is -2.20. The van der Waals surface area contributed by atoms with Gasteiger partial charge in [-0.15, -0.1) is 0 Å². The number of nitrogens with zero attached hydrogens (tertiary/aromatic N) is 1. The van der Waals surface area contributed by atoms with Crippen molar-refractivity contribution in [3.05, 3.63) is 34.2 Å². The van der Waals surface area contributed by atoms with Crippen LogP contribution in [0.1, 0.15) is 57.6 Å². The molecule has 0 aliphatic heterocycles. The first kappa shape index (κ1) is 13.0. The van der Waals surface area contributed by atoms with E-state index in [0.29, 0.717) is 5.92 Å². The van der Waals surface area contributed by atoms with Crippen molar-refractivity contribution >= 4 is 0 Å². The van der Waals surface area contributed by atoms with E-state index in [1.165, 1.54) is 32.1 Å². The van der Waals surface area contributed by atoms with E-state index >= 15 is 0 Å². The first-order valence-corrected chi connectivity index (χ1v) is 6.32. The first-order chi connectivity index (χ1) is 7.66. The Hall–Kier alpha value is -1.05. The number of aromatic nitrogens is 1. The van der Waals surface area contributed by atoms with Gasteiger partial charge in [0, 0.05) is 18.8 Å². The molecule has 2 heteroatoms.